The largest absolute Gasteiger partial charge is 0.354 e. The molecule has 1 saturated heterocycles. The van der Waals surface area contributed by atoms with Gasteiger partial charge in [-0.05, 0) is 29.9 Å². The van der Waals surface area contributed by atoms with E-state index in [2.05, 4.69) is 31.3 Å². The number of nitrogens with one attached hydrogen (secondary N) is 1. The van der Waals surface area contributed by atoms with E-state index in [1.165, 1.54) is 16.1 Å². The molecule has 1 aliphatic heterocycles. The summed E-state index contributed by atoms with van der Waals surface area (Å²) < 4.78 is 24.4. The second-order valence-electron chi connectivity index (χ2n) is 7.11. The summed E-state index contributed by atoms with van der Waals surface area (Å²) in [6, 6.07) is 7.92. The number of halogens is 1. The number of hydrogen-bond acceptors (Lipinski definition) is 4. The van der Waals surface area contributed by atoms with Gasteiger partial charge in [0.25, 0.3) is 0 Å². The summed E-state index contributed by atoms with van der Waals surface area (Å²) in [4.78, 5) is 12.3. The topological polar surface area (TPSA) is 92.5 Å². The number of hydrogen-bond donors (Lipinski definition) is 2. The first-order valence-corrected chi connectivity index (χ1v) is 10.6. The van der Waals surface area contributed by atoms with E-state index in [4.69, 9.17) is 5.73 Å². The minimum Gasteiger partial charge on any atom is -0.354 e. The minimum absolute atomic E-state index is 0. The van der Waals surface area contributed by atoms with Crippen molar-refractivity contribution in [2.75, 3.05) is 25.9 Å². The van der Waals surface area contributed by atoms with E-state index in [0.29, 0.717) is 38.4 Å². The molecule has 1 heterocycles. The fourth-order valence-corrected chi connectivity index (χ4v) is 3.92. The Morgan fingerprint density at radius 3 is 2.15 bits per heavy atom. The molecule has 0 spiro atoms. The van der Waals surface area contributed by atoms with Gasteiger partial charge in [0.15, 0.2) is 0 Å². The standard InChI is InChI=1S/C18H29N3O3S.ClH/c1-13(2)14-4-6-15(7-5-14)17(19)12-20-18(22)16-8-10-21(11-9-16)25(3,23)24;/h4-7,13,16-17H,8-12,19H2,1-3H3,(H,20,22);1H. The summed E-state index contributed by atoms with van der Waals surface area (Å²) in [5, 5.41) is 2.91. The Hall–Kier alpha value is -1.15. The summed E-state index contributed by atoms with van der Waals surface area (Å²) in [7, 11) is -3.16. The lowest BCUT2D eigenvalue weighted by molar-refractivity contribution is -0.126. The zero-order valence-corrected chi connectivity index (χ0v) is 17.3. The third-order valence-corrected chi connectivity index (χ3v) is 6.12. The summed E-state index contributed by atoms with van der Waals surface area (Å²) in [5.74, 6) is 0.290. The van der Waals surface area contributed by atoms with Crippen LogP contribution in [0.3, 0.4) is 0 Å². The average molecular weight is 404 g/mol. The van der Waals surface area contributed by atoms with Crippen LogP contribution < -0.4 is 11.1 Å². The molecule has 0 aliphatic carbocycles. The zero-order valence-electron chi connectivity index (χ0n) is 15.6. The van der Waals surface area contributed by atoms with Gasteiger partial charge in [-0.15, -0.1) is 12.4 Å². The quantitative estimate of drug-likeness (QED) is 0.759. The van der Waals surface area contributed by atoms with Crippen molar-refractivity contribution in [3.8, 4) is 0 Å². The van der Waals surface area contributed by atoms with Gasteiger partial charge in [-0.1, -0.05) is 38.1 Å². The smallest absolute Gasteiger partial charge is 0.223 e. The lowest BCUT2D eigenvalue weighted by Gasteiger charge is -2.29. The molecule has 1 amide bonds. The second-order valence-corrected chi connectivity index (χ2v) is 9.09. The van der Waals surface area contributed by atoms with E-state index in [0.717, 1.165) is 5.56 Å². The molecule has 1 unspecified atom stereocenters. The van der Waals surface area contributed by atoms with Crippen molar-refractivity contribution in [1.82, 2.24) is 9.62 Å². The number of benzene rings is 1. The Labute approximate surface area is 163 Å². The van der Waals surface area contributed by atoms with Gasteiger partial charge in [-0.3, -0.25) is 4.79 Å². The molecule has 0 saturated carbocycles. The Balaban J connectivity index is 0.00000338. The summed E-state index contributed by atoms with van der Waals surface area (Å²) >= 11 is 0. The molecule has 0 radical (unpaired) electrons. The van der Waals surface area contributed by atoms with Crippen LogP contribution in [0.1, 0.15) is 49.8 Å². The van der Waals surface area contributed by atoms with E-state index in [1.54, 1.807) is 0 Å². The third kappa shape index (κ3) is 6.23. The lowest BCUT2D eigenvalue weighted by Crippen LogP contribution is -2.43. The van der Waals surface area contributed by atoms with Crippen molar-refractivity contribution in [3.63, 3.8) is 0 Å². The molecule has 3 N–H and O–H groups in total. The van der Waals surface area contributed by atoms with E-state index in [9.17, 15) is 13.2 Å². The predicted molar refractivity (Wildman–Crippen MR) is 107 cm³/mol. The van der Waals surface area contributed by atoms with Crippen LogP contribution in [0, 0.1) is 5.92 Å². The van der Waals surface area contributed by atoms with Crippen LogP contribution in [-0.2, 0) is 14.8 Å². The molecule has 0 bridgehead atoms. The van der Waals surface area contributed by atoms with E-state index in [1.807, 2.05) is 12.1 Å². The van der Waals surface area contributed by atoms with Crippen LogP contribution in [0.25, 0.3) is 0 Å². The van der Waals surface area contributed by atoms with Crippen LogP contribution in [0.15, 0.2) is 24.3 Å². The number of nitrogens with zero attached hydrogens (tertiary/aromatic N) is 1. The van der Waals surface area contributed by atoms with Gasteiger partial charge in [-0.2, -0.15) is 0 Å². The van der Waals surface area contributed by atoms with Crippen LogP contribution in [-0.4, -0.2) is 44.5 Å². The third-order valence-electron chi connectivity index (χ3n) is 4.82. The SMILES string of the molecule is CC(C)c1ccc(C(N)CNC(=O)C2CCN(S(C)(=O)=O)CC2)cc1.Cl. The van der Waals surface area contributed by atoms with Crippen LogP contribution in [0.2, 0.25) is 0 Å². The summed E-state index contributed by atoms with van der Waals surface area (Å²) in [6.07, 6.45) is 2.31. The number of carbonyl (C=O) groups excluding carboxylic acids is 1. The van der Waals surface area contributed by atoms with Gasteiger partial charge in [0.1, 0.15) is 0 Å². The van der Waals surface area contributed by atoms with Crippen LogP contribution >= 0.6 is 12.4 Å². The number of carbonyl (C=O) groups is 1. The van der Waals surface area contributed by atoms with Gasteiger partial charge in [-0.25, -0.2) is 12.7 Å². The van der Waals surface area contributed by atoms with Gasteiger partial charge >= 0.3 is 0 Å². The highest BCUT2D eigenvalue weighted by molar-refractivity contribution is 7.88. The number of sulfonamides is 1. The predicted octanol–water partition coefficient (Wildman–Crippen LogP) is 2.02. The lowest BCUT2D eigenvalue weighted by atomic mass is 9.96. The summed E-state index contributed by atoms with van der Waals surface area (Å²) in [6.45, 7) is 5.47. The van der Waals surface area contributed by atoms with E-state index in [-0.39, 0.29) is 30.3 Å². The van der Waals surface area contributed by atoms with Crippen molar-refractivity contribution in [3.05, 3.63) is 35.4 Å². The van der Waals surface area contributed by atoms with E-state index >= 15 is 0 Å². The molecule has 148 valence electrons. The molecule has 1 atom stereocenters. The average Bonchev–Trinajstić information content (AvgIpc) is 2.58. The zero-order chi connectivity index (χ0) is 18.6. The first kappa shape index (κ1) is 22.9. The Bertz CT molecular complexity index is 684. The maximum absolute atomic E-state index is 12.3. The Morgan fingerprint density at radius 1 is 1.19 bits per heavy atom. The first-order valence-electron chi connectivity index (χ1n) is 8.76. The maximum Gasteiger partial charge on any atom is 0.223 e. The van der Waals surface area contributed by atoms with E-state index < -0.39 is 10.0 Å². The van der Waals surface area contributed by atoms with Crippen LogP contribution in [0.5, 0.6) is 0 Å². The van der Waals surface area contributed by atoms with Crippen molar-refractivity contribution in [1.29, 1.82) is 0 Å². The van der Waals surface area contributed by atoms with Gasteiger partial charge in [0, 0.05) is 31.6 Å². The molecule has 1 aliphatic rings. The van der Waals surface area contributed by atoms with Crippen molar-refractivity contribution >= 4 is 28.3 Å². The summed E-state index contributed by atoms with van der Waals surface area (Å²) in [5.41, 5.74) is 8.43. The first-order chi connectivity index (χ1) is 11.7. The molecular formula is C18H30ClN3O3S. The normalized spacial score (nSPS) is 17.6. The van der Waals surface area contributed by atoms with Gasteiger partial charge in [0.05, 0.1) is 6.26 Å². The van der Waals surface area contributed by atoms with Crippen molar-refractivity contribution in [2.24, 2.45) is 11.7 Å². The van der Waals surface area contributed by atoms with Gasteiger partial charge in [0.2, 0.25) is 15.9 Å². The maximum atomic E-state index is 12.3. The number of rotatable bonds is 6. The second kappa shape index (κ2) is 9.69. The molecule has 1 aromatic carbocycles. The molecule has 1 aromatic rings. The number of piperidine rings is 1. The highest BCUT2D eigenvalue weighted by Crippen LogP contribution is 2.20. The number of amides is 1. The molecular weight excluding hydrogens is 374 g/mol. The molecule has 2 rings (SSSR count). The van der Waals surface area contributed by atoms with Gasteiger partial charge < -0.3 is 11.1 Å². The van der Waals surface area contributed by atoms with Crippen molar-refractivity contribution < 1.29 is 13.2 Å². The fourth-order valence-electron chi connectivity index (χ4n) is 3.05. The highest BCUT2D eigenvalue weighted by atomic mass is 35.5. The van der Waals surface area contributed by atoms with Crippen molar-refractivity contribution in [2.45, 2.75) is 38.6 Å². The minimum atomic E-state index is -3.16. The molecule has 1 fully saturated rings. The Morgan fingerprint density at radius 2 is 1.69 bits per heavy atom. The number of nitrogens with two attached hydrogens (primary N) is 1. The monoisotopic (exact) mass is 403 g/mol. The van der Waals surface area contributed by atoms with Crippen LogP contribution in [0.4, 0.5) is 0 Å². The molecule has 8 heteroatoms. The molecule has 26 heavy (non-hydrogen) atoms. The highest BCUT2D eigenvalue weighted by Gasteiger charge is 2.28. The molecule has 0 aromatic heterocycles. The fraction of sp³-hybridized carbons (Fsp3) is 0.611. The molecule has 6 nitrogen and oxygen atoms in total. The Kier molecular flexibility index (Phi) is 8.53.